The molecule has 0 unspecified atom stereocenters. The van der Waals surface area contributed by atoms with Gasteiger partial charge in [0.15, 0.2) is 0 Å². The first-order chi connectivity index (χ1) is 8.90. The van der Waals surface area contributed by atoms with Gasteiger partial charge in [-0.05, 0) is 43.9 Å². The Balaban J connectivity index is 2.08. The molecular weight excluding hydrogens is 267 g/mol. The fourth-order valence-electron chi connectivity index (χ4n) is 2.37. The van der Waals surface area contributed by atoms with Crippen LogP contribution >= 0.6 is 11.6 Å². The van der Waals surface area contributed by atoms with Crippen LogP contribution in [0.2, 0.25) is 5.02 Å². The minimum atomic E-state index is -0.423. The van der Waals surface area contributed by atoms with E-state index >= 15 is 0 Å². The van der Waals surface area contributed by atoms with Crippen molar-refractivity contribution in [3.63, 3.8) is 0 Å². The van der Waals surface area contributed by atoms with Gasteiger partial charge in [0, 0.05) is 11.5 Å². The summed E-state index contributed by atoms with van der Waals surface area (Å²) in [6.45, 7) is 1.94. The predicted molar refractivity (Wildman–Crippen MR) is 74.6 cm³/mol. The summed E-state index contributed by atoms with van der Waals surface area (Å²) in [6.07, 6.45) is 3.22. The number of hydrogen-bond donors (Lipinski definition) is 2. The van der Waals surface area contributed by atoms with Gasteiger partial charge in [0.05, 0.1) is 10.7 Å². The molecule has 0 bridgehead atoms. The molecule has 0 aromatic heterocycles. The Hall–Kier alpha value is -1.13. The Kier molecular flexibility index (Phi) is 4.11. The molecule has 1 aliphatic carbocycles. The maximum Gasteiger partial charge on any atom is 0.230 e. The third kappa shape index (κ3) is 3.25. The van der Waals surface area contributed by atoms with Gasteiger partial charge in [-0.25, -0.2) is 4.39 Å². The van der Waals surface area contributed by atoms with Gasteiger partial charge in [0.1, 0.15) is 5.82 Å². The summed E-state index contributed by atoms with van der Waals surface area (Å²) in [5, 5.41) is 3.00. The van der Waals surface area contributed by atoms with Crippen molar-refractivity contribution in [1.82, 2.24) is 0 Å². The molecular formula is C14H18ClFN2O. The van der Waals surface area contributed by atoms with E-state index in [1.165, 1.54) is 18.2 Å². The summed E-state index contributed by atoms with van der Waals surface area (Å²) < 4.78 is 12.9. The summed E-state index contributed by atoms with van der Waals surface area (Å²) in [6, 6.07) is 4.14. The van der Waals surface area contributed by atoms with Crippen LogP contribution in [0.25, 0.3) is 0 Å². The molecule has 0 atom stereocenters. The molecule has 0 saturated heterocycles. The van der Waals surface area contributed by atoms with Gasteiger partial charge < -0.3 is 11.1 Å². The van der Waals surface area contributed by atoms with Gasteiger partial charge in [-0.15, -0.1) is 0 Å². The first-order valence-corrected chi connectivity index (χ1v) is 6.81. The summed E-state index contributed by atoms with van der Waals surface area (Å²) in [5.74, 6) is -0.495. The molecule has 1 aromatic rings. The number of amides is 1. The van der Waals surface area contributed by atoms with Crippen LogP contribution in [0.5, 0.6) is 0 Å². The van der Waals surface area contributed by atoms with Gasteiger partial charge in [-0.3, -0.25) is 4.79 Å². The largest absolute Gasteiger partial charge is 0.328 e. The normalized spacial score (nSPS) is 27.1. The van der Waals surface area contributed by atoms with Crippen LogP contribution in [0.15, 0.2) is 18.2 Å². The van der Waals surface area contributed by atoms with Crippen molar-refractivity contribution in [1.29, 1.82) is 0 Å². The van der Waals surface area contributed by atoms with Crippen molar-refractivity contribution in [3.8, 4) is 0 Å². The molecule has 1 saturated carbocycles. The molecule has 1 amide bonds. The van der Waals surface area contributed by atoms with E-state index in [4.69, 9.17) is 17.3 Å². The molecule has 0 spiro atoms. The molecule has 3 N–H and O–H groups in total. The molecule has 0 radical (unpaired) electrons. The molecule has 2 rings (SSSR count). The van der Waals surface area contributed by atoms with E-state index in [-0.39, 0.29) is 17.0 Å². The second-order valence-electron chi connectivity index (χ2n) is 5.48. The number of carbonyl (C=O) groups is 1. The van der Waals surface area contributed by atoms with E-state index < -0.39 is 11.2 Å². The summed E-state index contributed by atoms with van der Waals surface area (Å²) >= 11 is 5.91. The monoisotopic (exact) mass is 284 g/mol. The maximum atomic E-state index is 12.9. The van der Waals surface area contributed by atoms with Gasteiger partial charge in [0.25, 0.3) is 0 Å². The van der Waals surface area contributed by atoms with E-state index in [0.29, 0.717) is 5.69 Å². The number of halogens is 2. The molecule has 19 heavy (non-hydrogen) atoms. The zero-order chi connectivity index (χ0) is 14.0. The van der Waals surface area contributed by atoms with E-state index in [9.17, 15) is 9.18 Å². The molecule has 0 heterocycles. The Morgan fingerprint density at radius 2 is 2.11 bits per heavy atom. The lowest BCUT2D eigenvalue weighted by Gasteiger charge is -2.34. The Morgan fingerprint density at radius 1 is 1.47 bits per heavy atom. The number of hydrogen-bond acceptors (Lipinski definition) is 2. The SMILES string of the molecule is CC1(C(=O)Nc2ccc(F)cc2Cl)CCC(N)CC1. The highest BCUT2D eigenvalue weighted by Crippen LogP contribution is 2.37. The second-order valence-corrected chi connectivity index (χ2v) is 5.88. The van der Waals surface area contributed by atoms with Gasteiger partial charge in [0.2, 0.25) is 5.91 Å². The number of nitrogens with one attached hydrogen (secondary N) is 1. The van der Waals surface area contributed by atoms with Crippen LogP contribution in [-0.4, -0.2) is 11.9 Å². The molecule has 1 fully saturated rings. The maximum absolute atomic E-state index is 12.9. The number of rotatable bonds is 2. The molecule has 1 aliphatic rings. The zero-order valence-corrected chi connectivity index (χ0v) is 11.6. The van der Waals surface area contributed by atoms with Crippen molar-refractivity contribution in [3.05, 3.63) is 29.0 Å². The van der Waals surface area contributed by atoms with Crippen LogP contribution in [0.3, 0.4) is 0 Å². The third-order valence-electron chi connectivity index (χ3n) is 3.86. The highest BCUT2D eigenvalue weighted by Gasteiger charge is 2.36. The van der Waals surface area contributed by atoms with Crippen LogP contribution in [0, 0.1) is 11.2 Å². The van der Waals surface area contributed by atoms with E-state index in [0.717, 1.165) is 25.7 Å². The minimum Gasteiger partial charge on any atom is -0.328 e. The van der Waals surface area contributed by atoms with Gasteiger partial charge in [-0.1, -0.05) is 18.5 Å². The average molecular weight is 285 g/mol. The van der Waals surface area contributed by atoms with Crippen molar-refractivity contribution in [2.75, 3.05) is 5.32 Å². The molecule has 104 valence electrons. The predicted octanol–water partition coefficient (Wildman–Crippen LogP) is 3.33. The lowest BCUT2D eigenvalue weighted by Crippen LogP contribution is -2.40. The van der Waals surface area contributed by atoms with Gasteiger partial charge in [-0.2, -0.15) is 0 Å². The highest BCUT2D eigenvalue weighted by molar-refractivity contribution is 6.33. The summed E-state index contributed by atoms with van der Waals surface area (Å²) in [7, 11) is 0. The first-order valence-electron chi connectivity index (χ1n) is 6.43. The van der Waals surface area contributed by atoms with Crippen LogP contribution in [0.4, 0.5) is 10.1 Å². The van der Waals surface area contributed by atoms with E-state index in [2.05, 4.69) is 5.32 Å². The number of anilines is 1. The second kappa shape index (κ2) is 5.47. The van der Waals surface area contributed by atoms with Crippen LogP contribution in [-0.2, 0) is 4.79 Å². The minimum absolute atomic E-state index is 0.0760. The van der Waals surface area contributed by atoms with Crippen molar-refractivity contribution < 1.29 is 9.18 Å². The van der Waals surface area contributed by atoms with Crippen molar-refractivity contribution >= 4 is 23.2 Å². The fraction of sp³-hybridized carbons (Fsp3) is 0.500. The van der Waals surface area contributed by atoms with Crippen molar-refractivity contribution in [2.45, 2.75) is 38.6 Å². The lowest BCUT2D eigenvalue weighted by molar-refractivity contribution is -0.126. The first kappa shape index (κ1) is 14.3. The Bertz CT molecular complexity index is 484. The topological polar surface area (TPSA) is 55.1 Å². The van der Waals surface area contributed by atoms with Crippen LogP contribution < -0.4 is 11.1 Å². The van der Waals surface area contributed by atoms with E-state index in [1.54, 1.807) is 0 Å². The van der Waals surface area contributed by atoms with Crippen LogP contribution in [0.1, 0.15) is 32.6 Å². The van der Waals surface area contributed by atoms with Gasteiger partial charge >= 0.3 is 0 Å². The Labute approximate surface area is 117 Å². The highest BCUT2D eigenvalue weighted by atomic mass is 35.5. The fourth-order valence-corrected chi connectivity index (χ4v) is 2.58. The quantitative estimate of drug-likeness (QED) is 0.875. The molecule has 0 aliphatic heterocycles. The zero-order valence-electron chi connectivity index (χ0n) is 10.9. The van der Waals surface area contributed by atoms with Crippen molar-refractivity contribution in [2.24, 2.45) is 11.1 Å². The summed E-state index contributed by atoms with van der Waals surface area (Å²) in [4.78, 5) is 12.3. The number of carbonyl (C=O) groups excluding carboxylic acids is 1. The summed E-state index contributed by atoms with van der Waals surface area (Å²) in [5.41, 5.74) is 5.88. The number of benzene rings is 1. The molecule has 1 aromatic carbocycles. The lowest BCUT2D eigenvalue weighted by atomic mass is 9.73. The standard InChI is InChI=1S/C14H18ClFN2O/c1-14(6-4-10(17)5-7-14)13(19)18-12-3-2-9(16)8-11(12)15/h2-3,8,10H,4-7,17H2,1H3,(H,18,19). The third-order valence-corrected chi connectivity index (χ3v) is 4.17. The molecule has 5 heteroatoms. The average Bonchev–Trinajstić information content (AvgIpc) is 2.36. The Morgan fingerprint density at radius 3 is 2.68 bits per heavy atom. The molecule has 3 nitrogen and oxygen atoms in total. The smallest absolute Gasteiger partial charge is 0.230 e. The number of nitrogens with two attached hydrogens (primary N) is 1. The van der Waals surface area contributed by atoms with E-state index in [1.807, 2.05) is 6.92 Å².